The highest BCUT2D eigenvalue weighted by atomic mass is 32.1. The van der Waals surface area contributed by atoms with Crippen molar-refractivity contribution >= 4 is 17.2 Å². The topological polar surface area (TPSA) is 71.2 Å². The molecule has 0 radical (unpaired) electrons. The Morgan fingerprint density at radius 1 is 1.21 bits per heavy atom. The molecule has 6 nitrogen and oxygen atoms in total. The molecule has 0 spiro atoms. The zero-order valence-corrected chi connectivity index (χ0v) is 17.1. The summed E-state index contributed by atoms with van der Waals surface area (Å²) in [4.78, 5) is 15.7. The number of carbonyl (C=O) groups excluding carboxylic acids is 1. The highest BCUT2D eigenvalue weighted by molar-refractivity contribution is 7.12. The number of hydrogen-bond donors (Lipinski definition) is 1. The molecule has 1 N–H and O–H groups in total. The maximum absolute atomic E-state index is 13.2. The highest BCUT2D eigenvalue weighted by Crippen LogP contribution is 2.41. The Kier molecular flexibility index (Phi) is 4.72. The Labute approximate surface area is 173 Å². The second-order valence-corrected chi connectivity index (χ2v) is 9.08. The van der Waals surface area contributed by atoms with E-state index in [1.54, 1.807) is 0 Å². The van der Waals surface area contributed by atoms with Crippen molar-refractivity contribution < 1.29 is 9.90 Å². The number of thiophene rings is 1. The van der Waals surface area contributed by atoms with Gasteiger partial charge in [-0.15, -0.1) is 16.4 Å². The number of likely N-dealkylation sites (tertiary alicyclic amines) is 1. The van der Waals surface area contributed by atoms with Crippen LogP contribution in [0.1, 0.15) is 63.8 Å². The number of β-amino-alcohol motifs (C(OH)–C–C–N with tert-alkyl or cyclic N) is 1. The van der Waals surface area contributed by atoms with Gasteiger partial charge in [0.1, 0.15) is 0 Å². The van der Waals surface area contributed by atoms with Crippen LogP contribution in [0, 0.1) is 6.92 Å². The minimum Gasteiger partial charge on any atom is -0.389 e. The fraction of sp³-hybridized carbons (Fsp3) is 0.409. The maximum atomic E-state index is 13.2. The van der Waals surface area contributed by atoms with Crippen LogP contribution >= 0.6 is 11.3 Å². The summed E-state index contributed by atoms with van der Waals surface area (Å²) in [5, 5.41) is 21.5. The highest BCUT2D eigenvalue weighted by Gasteiger charge is 2.40. The van der Waals surface area contributed by atoms with Crippen LogP contribution in [-0.4, -0.2) is 43.6 Å². The van der Waals surface area contributed by atoms with E-state index in [4.69, 9.17) is 0 Å². The fourth-order valence-corrected chi connectivity index (χ4v) is 4.82. The lowest BCUT2D eigenvalue weighted by molar-refractivity contribution is -0.00384. The first-order chi connectivity index (χ1) is 14.1. The van der Waals surface area contributed by atoms with Gasteiger partial charge in [-0.2, -0.15) is 0 Å². The van der Waals surface area contributed by atoms with Gasteiger partial charge in [0.2, 0.25) is 0 Å². The Bertz CT molecular complexity index is 994. The molecule has 150 valence electrons. The van der Waals surface area contributed by atoms with Crippen molar-refractivity contribution in [2.75, 3.05) is 6.54 Å². The van der Waals surface area contributed by atoms with E-state index in [1.807, 2.05) is 33.3 Å². The molecule has 1 aromatic carbocycles. The van der Waals surface area contributed by atoms with Crippen LogP contribution in [-0.2, 0) is 0 Å². The number of aliphatic hydroxyl groups is 1. The molecular weight excluding hydrogens is 384 g/mol. The first kappa shape index (κ1) is 18.5. The van der Waals surface area contributed by atoms with Gasteiger partial charge in [-0.25, -0.2) is 4.68 Å². The number of benzene rings is 1. The van der Waals surface area contributed by atoms with Gasteiger partial charge in [0.15, 0.2) is 0 Å². The SMILES string of the molecule is Cc1ccc([C@H]2C[C@H](n3cc(C4CC4)nn3)[C@@H](O)CN2C(=O)c2cccs2)cc1. The molecule has 2 aromatic heterocycles. The van der Waals surface area contributed by atoms with E-state index in [1.165, 1.54) is 29.7 Å². The molecule has 3 heterocycles. The van der Waals surface area contributed by atoms with Gasteiger partial charge < -0.3 is 10.0 Å². The second kappa shape index (κ2) is 7.39. The Hall–Kier alpha value is -2.51. The number of amides is 1. The third-order valence-corrected chi connectivity index (χ3v) is 6.85. The summed E-state index contributed by atoms with van der Waals surface area (Å²) in [5.74, 6) is 0.495. The molecule has 5 rings (SSSR count). The number of nitrogens with zero attached hydrogens (tertiary/aromatic N) is 4. The second-order valence-electron chi connectivity index (χ2n) is 8.13. The summed E-state index contributed by atoms with van der Waals surface area (Å²) < 4.78 is 1.81. The van der Waals surface area contributed by atoms with Crippen LogP contribution in [0.4, 0.5) is 0 Å². The van der Waals surface area contributed by atoms with Crippen LogP contribution < -0.4 is 0 Å². The summed E-state index contributed by atoms with van der Waals surface area (Å²) in [5.41, 5.74) is 3.28. The molecule has 29 heavy (non-hydrogen) atoms. The summed E-state index contributed by atoms with van der Waals surface area (Å²) in [7, 11) is 0. The average molecular weight is 409 g/mol. The molecule has 2 fully saturated rings. The molecule has 1 aliphatic heterocycles. The van der Waals surface area contributed by atoms with E-state index in [0.29, 0.717) is 17.2 Å². The lowest BCUT2D eigenvalue weighted by atomic mass is 9.89. The lowest BCUT2D eigenvalue weighted by Gasteiger charge is -2.42. The number of piperidine rings is 1. The van der Waals surface area contributed by atoms with Crippen LogP contribution in [0.2, 0.25) is 0 Å². The molecule has 1 amide bonds. The zero-order valence-electron chi connectivity index (χ0n) is 16.3. The largest absolute Gasteiger partial charge is 0.389 e. The molecule has 2 aliphatic rings. The molecule has 3 aromatic rings. The summed E-state index contributed by atoms with van der Waals surface area (Å²) in [6.07, 6.45) is 4.24. The van der Waals surface area contributed by atoms with Gasteiger partial charge in [-0.05, 0) is 43.2 Å². The van der Waals surface area contributed by atoms with Crippen molar-refractivity contribution in [3.63, 3.8) is 0 Å². The molecular formula is C22H24N4O2S. The fourth-order valence-electron chi connectivity index (χ4n) is 4.14. The number of aliphatic hydroxyl groups excluding tert-OH is 1. The molecule has 3 atom stereocenters. The standard InChI is InChI=1S/C22H24N4O2S/c1-14-4-6-16(7-5-14)18-11-19(26-12-17(23-24-26)15-8-9-15)20(27)13-25(18)22(28)21-3-2-10-29-21/h2-7,10,12,15,18-20,27H,8-9,11,13H2,1H3/t18-,19+,20+/m1/s1. The van der Waals surface area contributed by atoms with E-state index < -0.39 is 6.10 Å². The van der Waals surface area contributed by atoms with E-state index in [9.17, 15) is 9.90 Å². The van der Waals surface area contributed by atoms with Gasteiger partial charge in [0.25, 0.3) is 5.91 Å². The summed E-state index contributed by atoms with van der Waals surface area (Å²) >= 11 is 1.44. The van der Waals surface area contributed by atoms with Crippen LogP contribution in [0.15, 0.2) is 48.0 Å². The van der Waals surface area contributed by atoms with Crippen LogP contribution in [0.25, 0.3) is 0 Å². The number of rotatable bonds is 4. The minimum absolute atomic E-state index is 0.0275. The first-order valence-corrected chi connectivity index (χ1v) is 11.0. The van der Waals surface area contributed by atoms with Crippen molar-refractivity contribution in [3.8, 4) is 0 Å². The van der Waals surface area contributed by atoms with Crippen molar-refractivity contribution in [3.05, 3.63) is 69.7 Å². The van der Waals surface area contributed by atoms with Crippen LogP contribution in [0.5, 0.6) is 0 Å². The van der Waals surface area contributed by atoms with Crippen molar-refractivity contribution in [2.45, 2.75) is 50.3 Å². The van der Waals surface area contributed by atoms with Gasteiger partial charge in [-0.3, -0.25) is 4.79 Å². The molecule has 7 heteroatoms. The third kappa shape index (κ3) is 3.60. The Morgan fingerprint density at radius 2 is 2.00 bits per heavy atom. The molecule has 0 bridgehead atoms. The van der Waals surface area contributed by atoms with Gasteiger partial charge in [-0.1, -0.05) is 41.1 Å². The van der Waals surface area contributed by atoms with Crippen molar-refractivity contribution in [2.24, 2.45) is 0 Å². The van der Waals surface area contributed by atoms with Gasteiger partial charge in [0, 0.05) is 18.7 Å². The number of aromatic nitrogens is 3. The summed E-state index contributed by atoms with van der Waals surface area (Å²) in [6.45, 7) is 2.33. The quantitative estimate of drug-likeness (QED) is 0.714. The van der Waals surface area contributed by atoms with Crippen LogP contribution in [0.3, 0.4) is 0 Å². The monoisotopic (exact) mass is 408 g/mol. The first-order valence-electron chi connectivity index (χ1n) is 10.1. The van der Waals surface area contributed by atoms with E-state index in [0.717, 1.165) is 11.3 Å². The van der Waals surface area contributed by atoms with Gasteiger partial charge >= 0.3 is 0 Å². The predicted molar refractivity (Wildman–Crippen MR) is 111 cm³/mol. The average Bonchev–Trinajstić information content (AvgIpc) is 3.22. The van der Waals surface area contributed by atoms with E-state index in [-0.39, 0.29) is 24.5 Å². The van der Waals surface area contributed by atoms with E-state index in [2.05, 4.69) is 41.5 Å². The predicted octanol–water partition coefficient (Wildman–Crippen LogP) is 3.71. The minimum atomic E-state index is -0.686. The number of hydrogen-bond acceptors (Lipinski definition) is 5. The zero-order chi connectivity index (χ0) is 20.0. The number of aryl methyl sites for hydroxylation is 1. The molecule has 1 saturated carbocycles. The number of carbonyl (C=O) groups is 1. The normalized spacial score (nSPS) is 24.6. The van der Waals surface area contributed by atoms with Crippen molar-refractivity contribution in [1.82, 2.24) is 19.9 Å². The molecule has 1 saturated heterocycles. The molecule has 0 unspecified atom stereocenters. The smallest absolute Gasteiger partial charge is 0.264 e. The Morgan fingerprint density at radius 3 is 2.69 bits per heavy atom. The molecule has 1 aliphatic carbocycles. The van der Waals surface area contributed by atoms with E-state index >= 15 is 0 Å². The lowest BCUT2D eigenvalue weighted by Crippen LogP contribution is -2.49. The third-order valence-electron chi connectivity index (χ3n) is 5.99. The van der Waals surface area contributed by atoms with Crippen molar-refractivity contribution in [1.29, 1.82) is 0 Å². The van der Waals surface area contributed by atoms with Gasteiger partial charge in [0.05, 0.1) is 28.8 Å². The maximum Gasteiger partial charge on any atom is 0.264 e. The Balaban J connectivity index is 1.47. The summed E-state index contributed by atoms with van der Waals surface area (Å²) in [6, 6.07) is 11.7.